The van der Waals surface area contributed by atoms with E-state index in [4.69, 9.17) is 4.74 Å². The zero-order valence-corrected chi connectivity index (χ0v) is 12.3. The van der Waals surface area contributed by atoms with Gasteiger partial charge in [0.2, 0.25) is 0 Å². The number of carbonyl (C=O) groups excluding carboxylic acids is 2. The number of carbonyl (C=O) groups is 2. The van der Waals surface area contributed by atoms with Crippen LogP contribution in [0.4, 0.5) is 4.79 Å². The summed E-state index contributed by atoms with van der Waals surface area (Å²) in [6.45, 7) is 4.56. The summed E-state index contributed by atoms with van der Waals surface area (Å²) >= 11 is 0. The van der Waals surface area contributed by atoms with Gasteiger partial charge in [-0.2, -0.15) is 0 Å². The summed E-state index contributed by atoms with van der Waals surface area (Å²) in [6.07, 6.45) is 2.62. The summed E-state index contributed by atoms with van der Waals surface area (Å²) in [6, 6.07) is -0.173. The standard InChI is InChI=1S/C14H23N3O3/c1-15-12(18)14(16(2)13(15)19)4-6-17(7-5-14)9-11-3-8-20-10-11/h11H,3-10H2,1-2H3/t11-/m0/s1. The van der Waals surface area contributed by atoms with E-state index in [-0.39, 0.29) is 11.9 Å². The van der Waals surface area contributed by atoms with Crippen molar-refractivity contribution >= 4 is 11.9 Å². The van der Waals surface area contributed by atoms with Crippen molar-refractivity contribution in [3.05, 3.63) is 0 Å². The van der Waals surface area contributed by atoms with Gasteiger partial charge in [-0.05, 0) is 25.2 Å². The van der Waals surface area contributed by atoms with Gasteiger partial charge in [-0.15, -0.1) is 0 Å². The van der Waals surface area contributed by atoms with Gasteiger partial charge in [0.05, 0.1) is 6.61 Å². The summed E-state index contributed by atoms with van der Waals surface area (Å²) in [5.41, 5.74) is -0.589. The molecule has 0 aromatic carbocycles. The van der Waals surface area contributed by atoms with Crippen LogP contribution in [0, 0.1) is 5.92 Å². The van der Waals surface area contributed by atoms with Crippen LogP contribution in [0.5, 0.6) is 0 Å². The fourth-order valence-electron chi connectivity index (χ4n) is 3.70. The zero-order valence-electron chi connectivity index (χ0n) is 12.3. The molecule has 3 saturated heterocycles. The van der Waals surface area contributed by atoms with Gasteiger partial charge in [0.1, 0.15) is 5.54 Å². The van der Waals surface area contributed by atoms with Gasteiger partial charge in [-0.3, -0.25) is 9.69 Å². The predicted molar refractivity (Wildman–Crippen MR) is 73.3 cm³/mol. The maximum atomic E-state index is 12.4. The molecule has 112 valence electrons. The average Bonchev–Trinajstić information content (AvgIpc) is 3.02. The van der Waals surface area contributed by atoms with E-state index in [0.29, 0.717) is 5.92 Å². The minimum absolute atomic E-state index is 0.0335. The van der Waals surface area contributed by atoms with Gasteiger partial charge in [0.15, 0.2) is 0 Å². The van der Waals surface area contributed by atoms with Crippen LogP contribution in [0.3, 0.4) is 0 Å². The molecule has 0 radical (unpaired) electrons. The number of hydrogen-bond acceptors (Lipinski definition) is 4. The number of hydrogen-bond donors (Lipinski definition) is 0. The summed E-state index contributed by atoms with van der Waals surface area (Å²) in [7, 11) is 3.34. The Morgan fingerprint density at radius 1 is 1.25 bits per heavy atom. The van der Waals surface area contributed by atoms with Crippen LogP contribution in [0.2, 0.25) is 0 Å². The Morgan fingerprint density at radius 3 is 2.45 bits per heavy atom. The van der Waals surface area contributed by atoms with Crippen LogP contribution in [0.1, 0.15) is 19.3 Å². The number of nitrogens with zero attached hydrogens (tertiary/aromatic N) is 3. The molecule has 0 N–H and O–H groups in total. The maximum absolute atomic E-state index is 12.4. The van der Waals surface area contributed by atoms with Crippen LogP contribution >= 0.6 is 0 Å². The number of amides is 3. The fourth-order valence-corrected chi connectivity index (χ4v) is 3.70. The molecule has 3 rings (SSSR count). The summed E-state index contributed by atoms with van der Waals surface area (Å²) in [4.78, 5) is 29.6. The molecule has 0 aromatic heterocycles. The van der Waals surface area contributed by atoms with Crippen molar-refractivity contribution in [2.45, 2.75) is 24.8 Å². The van der Waals surface area contributed by atoms with E-state index in [9.17, 15) is 9.59 Å². The van der Waals surface area contributed by atoms with Gasteiger partial charge in [0.25, 0.3) is 5.91 Å². The lowest BCUT2D eigenvalue weighted by Crippen LogP contribution is -2.55. The molecule has 0 aromatic rings. The fraction of sp³-hybridized carbons (Fsp3) is 0.857. The van der Waals surface area contributed by atoms with Gasteiger partial charge < -0.3 is 14.5 Å². The van der Waals surface area contributed by atoms with E-state index in [2.05, 4.69) is 4.90 Å². The Morgan fingerprint density at radius 2 is 1.95 bits per heavy atom. The van der Waals surface area contributed by atoms with E-state index in [1.54, 1.807) is 19.0 Å². The highest BCUT2D eigenvalue weighted by molar-refractivity contribution is 6.06. The Hall–Kier alpha value is -1.14. The number of rotatable bonds is 2. The third kappa shape index (κ3) is 2.02. The Labute approximate surface area is 119 Å². The molecule has 20 heavy (non-hydrogen) atoms. The molecule has 3 aliphatic heterocycles. The lowest BCUT2D eigenvalue weighted by molar-refractivity contribution is -0.134. The van der Waals surface area contributed by atoms with Gasteiger partial charge in [0, 0.05) is 40.3 Å². The summed E-state index contributed by atoms with van der Waals surface area (Å²) in [5, 5.41) is 0. The van der Waals surface area contributed by atoms with Crippen LogP contribution in [0.15, 0.2) is 0 Å². The van der Waals surface area contributed by atoms with Gasteiger partial charge in [-0.25, -0.2) is 4.79 Å². The maximum Gasteiger partial charge on any atom is 0.327 e. The second-order valence-electron chi connectivity index (χ2n) is 6.27. The molecule has 1 atom stereocenters. The Kier molecular flexibility index (Phi) is 3.46. The highest BCUT2D eigenvalue weighted by Gasteiger charge is 2.55. The van der Waals surface area contributed by atoms with Crippen LogP contribution in [-0.4, -0.2) is 79.1 Å². The van der Waals surface area contributed by atoms with E-state index in [1.807, 2.05) is 0 Å². The molecule has 3 amide bonds. The lowest BCUT2D eigenvalue weighted by atomic mass is 9.86. The first-order valence-corrected chi connectivity index (χ1v) is 7.40. The third-order valence-electron chi connectivity index (χ3n) is 5.14. The second-order valence-corrected chi connectivity index (χ2v) is 6.27. The van der Waals surface area contributed by atoms with Crippen LogP contribution in [-0.2, 0) is 9.53 Å². The smallest absolute Gasteiger partial charge is 0.327 e. The van der Waals surface area contributed by atoms with Gasteiger partial charge >= 0.3 is 6.03 Å². The quantitative estimate of drug-likeness (QED) is 0.687. The number of likely N-dealkylation sites (N-methyl/N-ethyl adjacent to an activating group) is 2. The largest absolute Gasteiger partial charge is 0.381 e. The summed E-state index contributed by atoms with van der Waals surface area (Å²) in [5.74, 6) is 0.596. The Bertz CT molecular complexity index is 412. The van der Waals surface area contributed by atoms with Crippen LogP contribution < -0.4 is 0 Å². The molecule has 3 fully saturated rings. The molecule has 0 unspecified atom stereocenters. The first-order chi connectivity index (χ1) is 9.54. The van der Waals surface area contributed by atoms with E-state index in [0.717, 1.165) is 52.1 Å². The van der Waals surface area contributed by atoms with Gasteiger partial charge in [-0.1, -0.05) is 0 Å². The number of ether oxygens (including phenoxy) is 1. The summed E-state index contributed by atoms with van der Waals surface area (Å²) < 4.78 is 5.41. The normalized spacial score (nSPS) is 30.8. The number of piperidine rings is 1. The van der Waals surface area contributed by atoms with Crippen molar-refractivity contribution in [2.75, 3.05) is 46.9 Å². The van der Waals surface area contributed by atoms with E-state index >= 15 is 0 Å². The first-order valence-electron chi connectivity index (χ1n) is 7.40. The molecule has 1 spiro atoms. The predicted octanol–water partition coefficient (Wildman–Crippen LogP) is 0.381. The monoisotopic (exact) mass is 281 g/mol. The van der Waals surface area contributed by atoms with Crippen molar-refractivity contribution in [3.8, 4) is 0 Å². The van der Waals surface area contributed by atoms with Crippen molar-refractivity contribution in [1.29, 1.82) is 0 Å². The van der Waals surface area contributed by atoms with Crippen molar-refractivity contribution in [1.82, 2.24) is 14.7 Å². The molecule has 0 aliphatic carbocycles. The van der Waals surface area contributed by atoms with E-state index in [1.165, 1.54) is 4.90 Å². The molecular weight excluding hydrogens is 258 g/mol. The number of imide groups is 1. The minimum Gasteiger partial charge on any atom is -0.381 e. The molecule has 6 nitrogen and oxygen atoms in total. The van der Waals surface area contributed by atoms with Crippen molar-refractivity contribution in [3.63, 3.8) is 0 Å². The third-order valence-corrected chi connectivity index (χ3v) is 5.14. The molecule has 0 saturated carbocycles. The van der Waals surface area contributed by atoms with Crippen molar-refractivity contribution in [2.24, 2.45) is 5.92 Å². The topological polar surface area (TPSA) is 53.1 Å². The average molecular weight is 281 g/mol. The minimum atomic E-state index is -0.589. The SMILES string of the molecule is CN1C(=O)N(C)C2(CCN(C[C@@H]3CCOC3)CC2)C1=O. The molecule has 3 heterocycles. The highest BCUT2D eigenvalue weighted by Crippen LogP contribution is 2.35. The number of urea groups is 1. The molecule has 3 aliphatic rings. The van der Waals surface area contributed by atoms with E-state index < -0.39 is 5.54 Å². The second kappa shape index (κ2) is 5.00. The molecule has 0 bridgehead atoms. The number of likely N-dealkylation sites (tertiary alicyclic amines) is 1. The molecular formula is C14H23N3O3. The lowest BCUT2D eigenvalue weighted by Gasteiger charge is -2.41. The first kappa shape index (κ1) is 13.8. The Balaban J connectivity index is 1.62. The van der Waals surface area contributed by atoms with Crippen molar-refractivity contribution < 1.29 is 14.3 Å². The van der Waals surface area contributed by atoms with Crippen LogP contribution in [0.25, 0.3) is 0 Å². The molecule has 6 heteroatoms. The highest BCUT2D eigenvalue weighted by atomic mass is 16.5. The zero-order chi connectivity index (χ0) is 14.3.